The molecule has 0 bridgehead atoms. The van der Waals surface area contributed by atoms with E-state index in [0.717, 1.165) is 4.57 Å². The first kappa shape index (κ1) is 16.1. The molecule has 1 amide bonds. The Morgan fingerprint density at radius 3 is 2.83 bits per heavy atom. The van der Waals surface area contributed by atoms with Crippen LogP contribution in [0, 0.1) is 5.82 Å². The molecular formula is C16H14FN3O3S. The van der Waals surface area contributed by atoms with Crippen LogP contribution in [0.15, 0.2) is 45.3 Å². The smallest absolute Gasteiger partial charge is 0.328 e. The normalized spacial score (nSPS) is 10.9. The van der Waals surface area contributed by atoms with E-state index in [9.17, 15) is 18.8 Å². The summed E-state index contributed by atoms with van der Waals surface area (Å²) in [4.78, 5) is 38.6. The van der Waals surface area contributed by atoms with Gasteiger partial charge in [-0.05, 0) is 23.1 Å². The fraction of sp³-hybridized carbons (Fsp3) is 0.188. The predicted octanol–water partition coefficient (Wildman–Crippen LogP) is 1.25. The van der Waals surface area contributed by atoms with Crippen molar-refractivity contribution in [3.63, 3.8) is 0 Å². The van der Waals surface area contributed by atoms with Crippen LogP contribution in [0.4, 0.5) is 4.39 Å². The molecule has 6 nitrogen and oxygen atoms in total. The lowest BCUT2D eigenvalue weighted by Crippen LogP contribution is -2.39. The minimum absolute atomic E-state index is 0.0466. The Hall–Kier alpha value is -2.74. The molecule has 0 saturated carbocycles. The molecule has 0 aliphatic heterocycles. The number of H-pyrrole nitrogens is 1. The zero-order valence-electron chi connectivity index (χ0n) is 12.5. The number of carbonyl (C=O) groups excluding carboxylic acids is 1. The van der Waals surface area contributed by atoms with Crippen LogP contribution in [0.25, 0.3) is 10.2 Å². The van der Waals surface area contributed by atoms with Crippen LogP contribution in [0.2, 0.25) is 0 Å². The fourth-order valence-corrected chi connectivity index (χ4v) is 3.16. The lowest BCUT2D eigenvalue weighted by Gasteiger charge is -2.07. The molecule has 0 saturated heterocycles. The number of halogens is 1. The zero-order valence-corrected chi connectivity index (χ0v) is 13.4. The van der Waals surface area contributed by atoms with Crippen molar-refractivity contribution in [3.8, 4) is 0 Å². The molecule has 0 radical (unpaired) electrons. The summed E-state index contributed by atoms with van der Waals surface area (Å²) in [5.74, 6) is -0.815. The third kappa shape index (κ3) is 3.28. The van der Waals surface area contributed by atoms with Crippen molar-refractivity contribution in [2.45, 2.75) is 13.0 Å². The van der Waals surface area contributed by atoms with Crippen molar-refractivity contribution in [2.24, 2.45) is 0 Å². The van der Waals surface area contributed by atoms with E-state index in [4.69, 9.17) is 0 Å². The molecule has 1 aromatic carbocycles. The Kier molecular flexibility index (Phi) is 4.57. The van der Waals surface area contributed by atoms with E-state index in [0.29, 0.717) is 15.8 Å². The van der Waals surface area contributed by atoms with Crippen molar-refractivity contribution in [1.82, 2.24) is 14.9 Å². The van der Waals surface area contributed by atoms with Crippen molar-refractivity contribution >= 4 is 27.5 Å². The molecule has 24 heavy (non-hydrogen) atoms. The minimum Gasteiger partial charge on any atom is -0.354 e. The number of thiophene rings is 1. The number of fused-ring (bicyclic) bond motifs is 1. The number of nitrogens with zero attached hydrogens (tertiary/aromatic N) is 1. The molecular weight excluding hydrogens is 333 g/mol. The molecule has 2 N–H and O–H groups in total. The average molecular weight is 347 g/mol. The number of carbonyl (C=O) groups is 1. The van der Waals surface area contributed by atoms with Crippen LogP contribution in [0.5, 0.6) is 0 Å². The monoisotopic (exact) mass is 347 g/mol. The number of benzene rings is 1. The predicted molar refractivity (Wildman–Crippen MR) is 89.8 cm³/mol. The van der Waals surface area contributed by atoms with Gasteiger partial charge in [0.05, 0.1) is 11.9 Å². The van der Waals surface area contributed by atoms with Gasteiger partial charge in [-0.3, -0.25) is 14.2 Å². The molecule has 124 valence electrons. The fourth-order valence-electron chi connectivity index (χ4n) is 2.36. The highest BCUT2D eigenvalue weighted by atomic mass is 32.1. The van der Waals surface area contributed by atoms with Gasteiger partial charge in [0, 0.05) is 13.1 Å². The Balaban J connectivity index is 1.64. The number of aromatic nitrogens is 2. The van der Waals surface area contributed by atoms with Crippen molar-refractivity contribution < 1.29 is 9.18 Å². The van der Waals surface area contributed by atoms with Crippen molar-refractivity contribution in [3.05, 3.63) is 67.9 Å². The number of amides is 1. The molecule has 3 aromatic rings. The average Bonchev–Trinajstić information content (AvgIpc) is 3.01. The molecule has 2 heterocycles. The zero-order chi connectivity index (χ0) is 17.1. The van der Waals surface area contributed by atoms with E-state index in [1.807, 2.05) is 0 Å². The first-order chi connectivity index (χ1) is 11.6. The summed E-state index contributed by atoms with van der Waals surface area (Å²) in [6.07, 6.45) is -0.0953. The van der Waals surface area contributed by atoms with Gasteiger partial charge in [-0.2, -0.15) is 0 Å². The van der Waals surface area contributed by atoms with Crippen LogP contribution in [-0.4, -0.2) is 22.0 Å². The highest BCUT2D eigenvalue weighted by Crippen LogP contribution is 2.11. The highest BCUT2D eigenvalue weighted by molar-refractivity contribution is 7.17. The summed E-state index contributed by atoms with van der Waals surface area (Å²) in [6, 6.07) is 7.70. The lowest BCUT2D eigenvalue weighted by atomic mass is 10.1. The van der Waals surface area contributed by atoms with Gasteiger partial charge < -0.3 is 10.3 Å². The number of nitrogens with one attached hydrogen (secondary N) is 2. The molecule has 3 rings (SSSR count). The molecule has 0 spiro atoms. The Morgan fingerprint density at radius 2 is 2.04 bits per heavy atom. The second kappa shape index (κ2) is 6.79. The summed E-state index contributed by atoms with van der Waals surface area (Å²) >= 11 is 1.25. The second-order valence-corrected chi connectivity index (χ2v) is 6.08. The van der Waals surface area contributed by atoms with Gasteiger partial charge in [-0.15, -0.1) is 11.3 Å². The van der Waals surface area contributed by atoms with Gasteiger partial charge in [0.15, 0.2) is 0 Å². The third-order valence-corrected chi connectivity index (χ3v) is 4.46. The van der Waals surface area contributed by atoms with Crippen LogP contribution in [0.3, 0.4) is 0 Å². The van der Waals surface area contributed by atoms with E-state index in [1.54, 1.807) is 23.6 Å². The summed E-state index contributed by atoms with van der Waals surface area (Å²) in [5, 5.41) is 4.31. The molecule has 0 aliphatic rings. The van der Waals surface area contributed by atoms with Crippen LogP contribution >= 0.6 is 11.3 Å². The van der Waals surface area contributed by atoms with Crippen molar-refractivity contribution in [1.29, 1.82) is 0 Å². The van der Waals surface area contributed by atoms with Crippen LogP contribution in [0.1, 0.15) is 5.56 Å². The van der Waals surface area contributed by atoms with E-state index >= 15 is 0 Å². The maximum absolute atomic E-state index is 13.5. The van der Waals surface area contributed by atoms with Gasteiger partial charge in [-0.1, -0.05) is 18.2 Å². The molecule has 0 aliphatic carbocycles. The summed E-state index contributed by atoms with van der Waals surface area (Å²) in [6.45, 7) is 0.151. The number of hydrogen-bond donors (Lipinski definition) is 2. The SMILES string of the molecule is O=C(Cc1ccccc1F)NCCn1c(=O)[nH]c2ccsc2c1=O. The first-order valence-corrected chi connectivity index (χ1v) is 8.14. The van der Waals surface area contributed by atoms with E-state index in [-0.39, 0.29) is 31.0 Å². The summed E-state index contributed by atoms with van der Waals surface area (Å²) in [7, 11) is 0. The Labute approximate surface area is 139 Å². The van der Waals surface area contributed by atoms with Gasteiger partial charge in [0.2, 0.25) is 5.91 Å². The van der Waals surface area contributed by atoms with Gasteiger partial charge in [0.25, 0.3) is 5.56 Å². The van der Waals surface area contributed by atoms with E-state index in [2.05, 4.69) is 10.3 Å². The minimum atomic E-state index is -0.519. The molecule has 0 atom stereocenters. The second-order valence-electron chi connectivity index (χ2n) is 5.17. The number of rotatable bonds is 5. The van der Waals surface area contributed by atoms with Gasteiger partial charge >= 0.3 is 5.69 Å². The number of hydrogen-bond acceptors (Lipinski definition) is 4. The summed E-state index contributed by atoms with van der Waals surface area (Å²) < 4.78 is 15.0. The first-order valence-electron chi connectivity index (χ1n) is 7.26. The van der Waals surface area contributed by atoms with Crippen LogP contribution in [-0.2, 0) is 17.8 Å². The highest BCUT2D eigenvalue weighted by Gasteiger charge is 2.10. The molecule has 0 unspecified atom stereocenters. The molecule has 8 heteroatoms. The van der Waals surface area contributed by atoms with E-state index < -0.39 is 11.5 Å². The maximum atomic E-state index is 13.5. The van der Waals surface area contributed by atoms with Crippen LogP contribution < -0.4 is 16.6 Å². The standard InChI is InChI=1S/C16H14FN3O3S/c17-11-4-2-1-3-10(11)9-13(21)18-6-7-20-15(22)14-12(5-8-24-14)19-16(20)23/h1-5,8H,6-7,9H2,(H,18,21)(H,19,23). The van der Waals surface area contributed by atoms with Crippen molar-refractivity contribution in [2.75, 3.05) is 6.54 Å². The Bertz CT molecular complexity index is 1010. The summed E-state index contributed by atoms with van der Waals surface area (Å²) in [5.41, 5.74) is -0.0961. The molecule has 0 fully saturated rings. The molecule has 2 aromatic heterocycles. The topological polar surface area (TPSA) is 84.0 Å². The quantitative estimate of drug-likeness (QED) is 0.729. The third-order valence-electron chi connectivity index (χ3n) is 3.56. The number of aromatic amines is 1. The largest absolute Gasteiger partial charge is 0.354 e. The van der Waals surface area contributed by atoms with Gasteiger partial charge in [0.1, 0.15) is 10.5 Å². The lowest BCUT2D eigenvalue weighted by molar-refractivity contribution is -0.120. The Morgan fingerprint density at radius 1 is 1.25 bits per heavy atom. The maximum Gasteiger partial charge on any atom is 0.328 e. The van der Waals surface area contributed by atoms with Gasteiger partial charge in [-0.25, -0.2) is 9.18 Å². The van der Waals surface area contributed by atoms with E-state index in [1.165, 1.54) is 23.5 Å².